The van der Waals surface area contributed by atoms with Crippen LogP contribution < -0.4 is 0 Å². The van der Waals surface area contributed by atoms with Gasteiger partial charge in [-0.3, -0.25) is 4.98 Å². The first-order valence-corrected chi connectivity index (χ1v) is 4.41. The standard InChI is InChI=1S/C8H7Cl2NO/c9-5-3-6(10)7(11-4-5)8(12)1-2-8/h3-4,12H,1-2H2. The van der Waals surface area contributed by atoms with Crippen LogP contribution in [0.1, 0.15) is 18.5 Å². The van der Waals surface area contributed by atoms with E-state index in [1.165, 1.54) is 6.20 Å². The van der Waals surface area contributed by atoms with E-state index in [1.807, 2.05) is 0 Å². The Balaban J connectivity index is 2.45. The van der Waals surface area contributed by atoms with E-state index in [-0.39, 0.29) is 0 Å². The van der Waals surface area contributed by atoms with Crippen LogP contribution in [0.3, 0.4) is 0 Å². The average Bonchev–Trinajstić information content (AvgIpc) is 2.68. The van der Waals surface area contributed by atoms with Crippen molar-refractivity contribution < 1.29 is 5.11 Å². The van der Waals surface area contributed by atoms with Gasteiger partial charge in [0.1, 0.15) is 5.60 Å². The zero-order chi connectivity index (χ0) is 8.77. The summed E-state index contributed by atoms with van der Waals surface area (Å²) >= 11 is 11.5. The van der Waals surface area contributed by atoms with Gasteiger partial charge in [0.25, 0.3) is 0 Å². The molecule has 1 fully saturated rings. The van der Waals surface area contributed by atoms with Gasteiger partial charge in [0.2, 0.25) is 0 Å². The van der Waals surface area contributed by atoms with Crippen LogP contribution in [-0.2, 0) is 5.60 Å². The minimum absolute atomic E-state index is 0.447. The van der Waals surface area contributed by atoms with Gasteiger partial charge in [-0.2, -0.15) is 0 Å². The maximum atomic E-state index is 9.68. The minimum atomic E-state index is -0.776. The lowest BCUT2D eigenvalue weighted by Gasteiger charge is -2.08. The number of halogens is 2. The molecule has 0 spiro atoms. The average molecular weight is 204 g/mol. The third-order valence-electron chi connectivity index (χ3n) is 1.97. The van der Waals surface area contributed by atoms with E-state index < -0.39 is 5.60 Å². The molecule has 2 rings (SSSR count). The molecule has 0 bridgehead atoms. The van der Waals surface area contributed by atoms with Crippen LogP contribution in [0.15, 0.2) is 12.3 Å². The molecule has 1 aliphatic carbocycles. The molecule has 0 saturated heterocycles. The van der Waals surface area contributed by atoms with E-state index in [0.717, 1.165) is 12.8 Å². The van der Waals surface area contributed by atoms with E-state index in [0.29, 0.717) is 15.7 Å². The number of pyridine rings is 1. The lowest BCUT2D eigenvalue weighted by Crippen LogP contribution is -2.07. The van der Waals surface area contributed by atoms with Gasteiger partial charge in [-0.25, -0.2) is 0 Å². The van der Waals surface area contributed by atoms with Gasteiger partial charge in [-0.15, -0.1) is 0 Å². The Bertz CT molecular complexity index is 323. The molecule has 4 heteroatoms. The van der Waals surface area contributed by atoms with Crippen molar-refractivity contribution in [3.8, 4) is 0 Å². The summed E-state index contributed by atoms with van der Waals surface area (Å²) in [6, 6.07) is 1.60. The van der Waals surface area contributed by atoms with E-state index in [1.54, 1.807) is 6.07 Å². The van der Waals surface area contributed by atoms with Crippen molar-refractivity contribution in [1.29, 1.82) is 0 Å². The Morgan fingerprint density at radius 3 is 2.58 bits per heavy atom. The van der Waals surface area contributed by atoms with E-state index in [9.17, 15) is 5.11 Å². The second-order valence-electron chi connectivity index (χ2n) is 3.02. The molecule has 0 aliphatic heterocycles. The second-order valence-corrected chi connectivity index (χ2v) is 3.86. The summed E-state index contributed by atoms with van der Waals surface area (Å²) in [6.07, 6.45) is 2.97. The molecule has 0 aromatic carbocycles. The number of aliphatic hydroxyl groups is 1. The fraction of sp³-hybridized carbons (Fsp3) is 0.375. The first-order valence-electron chi connectivity index (χ1n) is 3.66. The molecule has 12 heavy (non-hydrogen) atoms. The predicted octanol–water partition coefficient (Wildman–Crippen LogP) is 2.37. The molecule has 2 nitrogen and oxygen atoms in total. The highest BCUT2D eigenvalue weighted by Crippen LogP contribution is 2.46. The Morgan fingerprint density at radius 2 is 2.08 bits per heavy atom. The van der Waals surface area contributed by atoms with E-state index in [4.69, 9.17) is 23.2 Å². The quantitative estimate of drug-likeness (QED) is 0.761. The van der Waals surface area contributed by atoms with Gasteiger partial charge in [0.05, 0.1) is 15.7 Å². The van der Waals surface area contributed by atoms with Gasteiger partial charge in [0.15, 0.2) is 0 Å². The lowest BCUT2D eigenvalue weighted by atomic mass is 10.2. The molecule has 0 atom stereocenters. The summed E-state index contributed by atoms with van der Waals surface area (Å²) in [4.78, 5) is 4.00. The Labute approximate surface area is 80.1 Å². The highest BCUT2D eigenvalue weighted by atomic mass is 35.5. The monoisotopic (exact) mass is 203 g/mol. The Hall–Kier alpha value is -0.310. The van der Waals surface area contributed by atoms with Crippen LogP contribution in [0.5, 0.6) is 0 Å². The van der Waals surface area contributed by atoms with Crippen LogP contribution >= 0.6 is 23.2 Å². The summed E-state index contributed by atoms with van der Waals surface area (Å²) in [5.41, 5.74) is -0.227. The van der Waals surface area contributed by atoms with Gasteiger partial charge >= 0.3 is 0 Å². The highest BCUT2D eigenvalue weighted by molar-refractivity contribution is 6.34. The number of aromatic nitrogens is 1. The number of rotatable bonds is 1. The van der Waals surface area contributed by atoms with Crippen LogP contribution in [-0.4, -0.2) is 10.1 Å². The normalized spacial score (nSPS) is 19.2. The first-order chi connectivity index (χ1) is 5.62. The highest BCUT2D eigenvalue weighted by Gasteiger charge is 2.45. The SMILES string of the molecule is OC1(c2ncc(Cl)cc2Cl)CC1. The Kier molecular flexibility index (Phi) is 1.79. The fourth-order valence-corrected chi connectivity index (χ4v) is 1.67. The number of hydrogen-bond donors (Lipinski definition) is 1. The van der Waals surface area contributed by atoms with Crippen molar-refractivity contribution in [2.45, 2.75) is 18.4 Å². The number of hydrogen-bond acceptors (Lipinski definition) is 2. The van der Waals surface area contributed by atoms with Crippen molar-refractivity contribution in [3.63, 3.8) is 0 Å². The van der Waals surface area contributed by atoms with Gasteiger partial charge < -0.3 is 5.11 Å². The molecule has 1 N–H and O–H groups in total. The minimum Gasteiger partial charge on any atom is -0.383 e. The molecule has 64 valence electrons. The molecule has 0 radical (unpaired) electrons. The maximum Gasteiger partial charge on any atom is 0.108 e. The topological polar surface area (TPSA) is 33.1 Å². The third-order valence-corrected chi connectivity index (χ3v) is 2.47. The summed E-state index contributed by atoms with van der Waals surface area (Å²) in [5, 5.41) is 10.6. The van der Waals surface area contributed by atoms with Crippen LogP contribution in [0, 0.1) is 0 Å². The van der Waals surface area contributed by atoms with Crippen LogP contribution in [0.4, 0.5) is 0 Å². The van der Waals surface area contributed by atoms with E-state index >= 15 is 0 Å². The van der Waals surface area contributed by atoms with Crippen LogP contribution in [0.25, 0.3) is 0 Å². The number of nitrogens with zero attached hydrogens (tertiary/aromatic N) is 1. The smallest absolute Gasteiger partial charge is 0.108 e. The molecular weight excluding hydrogens is 197 g/mol. The van der Waals surface area contributed by atoms with E-state index in [2.05, 4.69) is 4.98 Å². The summed E-state index contributed by atoms with van der Waals surface area (Å²) in [5.74, 6) is 0. The second kappa shape index (κ2) is 2.59. The van der Waals surface area contributed by atoms with Crippen molar-refractivity contribution in [2.75, 3.05) is 0 Å². The third kappa shape index (κ3) is 1.30. The summed E-state index contributed by atoms with van der Waals surface area (Å²) in [7, 11) is 0. The largest absolute Gasteiger partial charge is 0.383 e. The van der Waals surface area contributed by atoms with Crippen LogP contribution in [0.2, 0.25) is 10.0 Å². The van der Waals surface area contributed by atoms with Crippen molar-refractivity contribution >= 4 is 23.2 Å². The van der Waals surface area contributed by atoms with Crippen molar-refractivity contribution in [2.24, 2.45) is 0 Å². The molecule has 1 aromatic rings. The van der Waals surface area contributed by atoms with Gasteiger partial charge in [-0.1, -0.05) is 23.2 Å². The fourth-order valence-electron chi connectivity index (χ4n) is 1.11. The predicted molar refractivity (Wildman–Crippen MR) is 47.4 cm³/mol. The zero-order valence-electron chi connectivity index (χ0n) is 6.22. The molecule has 1 heterocycles. The maximum absolute atomic E-state index is 9.68. The molecule has 0 unspecified atom stereocenters. The summed E-state index contributed by atoms with van der Waals surface area (Å²) < 4.78 is 0. The van der Waals surface area contributed by atoms with Gasteiger partial charge in [0, 0.05) is 6.20 Å². The zero-order valence-corrected chi connectivity index (χ0v) is 7.73. The molecule has 0 amide bonds. The molecule has 1 aliphatic rings. The summed E-state index contributed by atoms with van der Waals surface area (Å²) in [6.45, 7) is 0. The van der Waals surface area contributed by atoms with Crippen molar-refractivity contribution in [3.05, 3.63) is 28.0 Å². The molecule has 1 saturated carbocycles. The lowest BCUT2D eigenvalue weighted by molar-refractivity contribution is 0.146. The molecule has 1 aromatic heterocycles. The van der Waals surface area contributed by atoms with Gasteiger partial charge in [-0.05, 0) is 18.9 Å². The molecular formula is C8H7Cl2NO. The van der Waals surface area contributed by atoms with Crippen molar-refractivity contribution in [1.82, 2.24) is 4.98 Å². The first kappa shape index (κ1) is 8.30. The Morgan fingerprint density at radius 1 is 1.42 bits per heavy atom.